The molecule has 1 aromatic heterocycles. The van der Waals surface area contributed by atoms with Crippen molar-refractivity contribution in [2.24, 2.45) is 0 Å². The van der Waals surface area contributed by atoms with Gasteiger partial charge in [0.05, 0.1) is 13.4 Å². The van der Waals surface area contributed by atoms with E-state index in [1.807, 2.05) is 48.5 Å². The largest absolute Gasteiger partial charge is 0.497 e. The molecule has 8 nitrogen and oxygen atoms in total. The third kappa shape index (κ3) is 5.46. The lowest BCUT2D eigenvalue weighted by Gasteiger charge is -2.34. The van der Waals surface area contributed by atoms with Crippen LogP contribution in [-0.2, 0) is 33.7 Å². The van der Waals surface area contributed by atoms with Gasteiger partial charge in [-0.15, -0.1) is 0 Å². The summed E-state index contributed by atoms with van der Waals surface area (Å²) in [6.45, 7) is 0.245. The molecule has 34 heavy (non-hydrogen) atoms. The van der Waals surface area contributed by atoms with Crippen molar-refractivity contribution in [1.82, 2.24) is 10.2 Å². The fourth-order valence-corrected chi connectivity index (χ4v) is 3.91. The van der Waals surface area contributed by atoms with Gasteiger partial charge in [-0.05, 0) is 47.4 Å². The average molecular weight is 463 g/mol. The second kappa shape index (κ2) is 10.7. The van der Waals surface area contributed by atoms with Crippen molar-refractivity contribution in [3.05, 3.63) is 89.4 Å². The second-order valence-electron chi connectivity index (χ2n) is 7.95. The van der Waals surface area contributed by atoms with Crippen LogP contribution in [0, 0.1) is 0 Å². The third-order valence-corrected chi connectivity index (χ3v) is 5.75. The number of esters is 1. The highest BCUT2D eigenvalue weighted by Crippen LogP contribution is 2.26. The molecule has 1 N–H and O–H groups in total. The van der Waals surface area contributed by atoms with Gasteiger partial charge in [-0.2, -0.15) is 0 Å². The minimum Gasteiger partial charge on any atom is -0.497 e. The van der Waals surface area contributed by atoms with Gasteiger partial charge in [0.2, 0.25) is 0 Å². The molecule has 8 heteroatoms. The quantitative estimate of drug-likeness (QED) is 0.517. The summed E-state index contributed by atoms with van der Waals surface area (Å²) in [4.78, 5) is 39.5. The normalized spacial score (nSPS) is 14.7. The van der Waals surface area contributed by atoms with Crippen molar-refractivity contribution in [2.75, 3.05) is 20.3 Å². The molecular formula is C26H26N2O6. The minimum atomic E-state index is -0.848. The number of nitrogens with one attached hydrogen (secondary N) is 1. The average Bonchev–Trinajstić information content (AvgIpc) is 3.41. The number of methoxy groups -OCH3 is 1. The van der Waals surface area contributed by atoms with Crippen LogP contribution in [0.4, 0.5) is 0 Å². The van der Waals surface area contributed by atoms with E-state index in [-0.39, 0.29) is 12.3 Å². The summed E-state index contributed by atoms with van der Waals surface area (Å²) in [6.07, 6.45) is 2.35. The van der Waals surface area contributed by atoms with Crippen molar-refractivity contribution >= 4 is 17.8 Å². The number of fused-ring (bicyclic) bond motifs is 1. The van der Waals surface area contributed by atoms with Gasteiger partial charge < -0.3 is 24.1 Å². The molecule has 0 radical (unpaired) electrons. The monoisotopic (exact) mass is 462 g/mol. The number of furan rings is 1. The Balaban J connectivity index is 1.33. The predicted molar refractivity (Wildman–Crippen MR) is 123 cm³/mol. The smallest absolute Gasteiger partial charge is 0.329 e. The Hall–Kier alpha value is -4.07. The van der Waals surface area contributed by atoms with Crippen LogP contribution >= 0.6 is 0 Å². The first-order valence-corrected chi connectivity index (χ1v) is 11.0. The van der Waals surface area contributed by atoms with E-state index in [2.05, 4.69) is 5.32 Å². The number of ether oxygens (including phenoxy) is 2. The first kappa shape index (κ1) is 23.1. The molecule has 176 valence electrons. The van der Waals surface area contributed by atoms with Crippen LogP contribution in [0.5, 0.6) is 5.75 Å². The zero-order valence-corrected chi connectivity index (χ0v) is 18.9. The van der Waals surface area contributed by atoms with Crippen LogP contribution in [0.1, 0.15) is 27.2 Å². The summed E-state index contributed by atoms with van der Waals surface area (Å²) in [5.74, 6) is -0.509. The van der Waals surface area contributed by atoms with E-state index < -0.39 is 30.4 Å². The molecule has 2 heterocycles. The molecule has 1 atom stereocenters. The fourth-order valence-electron chi connectivity index (χ4n) is 3.91. The number of amides is 2. The highest BCUT2D eigenvalue weighted by molar-refractivity contribution is 5.95. The number of hydrogen-bond donors (Lipinski definition) is 1. The maximum Gasteiger partial charge on any atom is 0.329 e. The molecule has 1 aliphatic rings. The van der Waals surface area contributed by atoms with Crippen molar-refractivity contribution in [3.63, 3.8) is 0 Å². The first-order valence-electron chi connectivity index (χ1n) is 11.0. The summed E-state index contributed by atoms with van der Waals surface area (Å²) >= 11 is 0. The van der Waals surface area contributed by atoms with Crippen molar-refractivity contribution < 1.29 is 28.3 Å². The van der Waals surface area contributed by atoms with Gasteiger partial charge in [-0.1, -0.05) is 36.4 Å². The van der Waals surface area contributed by atoms with Crippen LogP contribution in [0.25, 0.3) is 0 Å². The number of carbonyl (C=O) groups excluding carboxylic acids is 3. The molecule has 0 spiro atoms. The molecule has 3 aromatic rings. The zero-order valence-electron chi connectivity index (χ0n) is 18.9. The molecule has 0 fully saturated rings. The Morgan fingerprint density at radius 2 is 1.79 bits per heavy atom. The van der Waals surface area contributed by atoms with E-state index >= 15 is 0 Å². The van der Waals surface area contributed by atoms with E-state index in [1.54, 1.807) is 19.2 Å². The number of hydrogen-bond acceptors (Lipinski definition) is 6. The van der Waals surface area contributed by atoms with E-state index in [1.165, 1.54) is 11.2 Å². The SMILES string of the molecule is COc1ccc(CCNC(=O)COC(=O)C2Cc3ccccc3CN2C(=O)c2ccco2)cc1. The molecule has 4 rings (SSSR count). The molecule has 2 amide bonds. The lowest BCUT2D eigenvalue weighted by molar-refractivity contribution is -0.153. The summed E-state index contributed by atoms with van der Waals surface area (Å²) < 4.78 is 15.7. The van der Waals surface area contributed by atoms with Gasteiger partial charge in [-0.25, -0.2) is 4.79 Å². The molecule has 1 unspecified atom stereocenters. The van der Waals surface area contributed by atoms with E-state index in [4.69, 9.17) is 13.9 Å². The lowest BCUT2D eigenvalue weighted by Crippen LogP contribution is -2.49. The van der Waals surface area contributed by atoms with Crippen LogP contribution in [0.3, 0.4) is 0 Å². The highest BCUT2D eigenvalue weighted by atomic mass is 16.5. The molecule has 0 bridgehead atoms. The van der Waals surface area contributed by atoms with Crippen LogP contribution < -0.4 is 10.1 Å². The van der Waals surface area contributed by atoms with Crippen LogP contribution in [0.2, 0.25) is 0 Å². The van der Waals surface area contributed by atoms with Crippen molar-refractivity contribution in [2.45, 2.75) is 25.4 Å². The summed E-state index contributed by atoms with van der Waals surface area (Å²) in [7, 11) is 1.61. The summed E-state index contributed by atoms with van der Waals surface area (Å²) in [5.41, 5.74) is 2.98. The Labute approximate surface area is 197 Å². The molecule has 0 saturated heterocycles. The lowest BCUT2D eigenvalue weighted by atomic mass is 9.93. The van der Waals surface area contributed by atoms with E-state index in [0.29, 0.717) is 19.4 Å². The van der Waals surface area contributed by atoms with E-state index in [9.17, 15) is 14.4 Å². The highest BCUT2D eigenvalue weighted by Gasteiger charge is 2.37. The molecule has 2 aromatic carbocycles. The minimum absolute atomic E-state index is 0.147. The maximum absolute atomic E-state index is 13.0. The molecular weight excluding hydrogens is 436 g/mol. The fraction of sp³-hybridized carbons (Fsp3) is 0.269. The van der Waals surface area contributed by atoms with Crippen molar-refractivity contribution in [3.8, 4) is 5.75 Å². The standard InChI is InChI=1S/C26H26N2O6/c1-32-21-10-8-18(9-11-21)12-13-27-24(29)17-34-26(31)22-15-19-5-2-3-6-20(19)16-28(22)25(30)23-7-4-14-33-23/h2-11,14,22H,12-13,15-17H2,1H3,(H,27,29). The third-order valence-electron chi connectivity index (χ3n) is 5.75. The van der Waals surface area contributed by atoms with Crippen LogP contribution in [0.15, 0.2) is 71.3 Å². The van der Waals surface area contributed by atoms with Gasteiger partial charge >= 0.3 is 5.97 Å². The summed E-state index contributed by atoms with van der Waals surface area (Å²) in [5, 5.41) is 2.75. The van der Waals surface area contributed by atoms with E-state index in [0.717, 1.165) is 22.4 Å². The number of benzene rings is 2. The van der Waals surface area contributed by atoms with Gasteiger partial charge in [0.25, 0.3) is 11.8 Å². The van der Waals surface area contributed by atoms with Gasteiger partial charge in [0.1, 0.15) is 11.8 Å². The number of carbonyl (C=O) groups is 3. The second-order valence-corrected chi connectivity index (χ2v) is 7.95. The Kier molecular flexibility index (Phi) is 7.27. The molecule has 0 aliphatic carbocycles. The topological polar surface area (TPSA) is 98.1 Å². The predicted octanol–water partition coefficient (Wildman–Crippen LogP) is 2.76. The Morgan fingerprint density at radius 1 is 1.03 bits per heavy atom. The van der Waals surface area contributed by atoms with Gasteiger partial charge in [0.15, 0.2) is 12.4 Å². The van der Waals surface area contributed by atoms with Gasteiger partial charge in [0, 0.05) is 19.5 Å². The van der Waals surface area contributed by atoms with Crippen molar-refractivity contribution in [1.29, 1.82) is 0 Å². The maximum atomic E-state index is 13.0. The molecule has 1 aliphatic heterocycles. The Bertz CT molecular complexity index is 1140. The van der Waals surface area contributed by atoms with Gasteiger partial charge in [-0.3, -0.25) is 9.59 Å². The summed E-state index contributed by atoms with van der Waals surface area (Å²) in [6, 6.07) is 17.5. The Morgan fingerprint density at radius 3 is 2.50 bits per heavy atom. The molecule has 0 saturated carbocycles. The zero-order chi connectivity index (χ0) is 23.9. The number of rotatable bonds is 8. The van der Waals surface area contributed by atoms with Crippen LogP contribution in [-0.4, -0.2) is 49.0 Å². The first-order chi connectivity index (χ1) is 16.5. The number of nitrogens with zero attached hydrogens (tertiary/aromatic N) is 1.